The Balaban J connectivity index is 1.73. The lowest BCUT2D eigenvalue weighted by Gasteiger charge is -2.34. The lowest BCUT2D eigenvalue weighted by Crippen LogP contribution is -2.50. The van der Waals surface area contributed by atoms with Crippen LogP contribution in [0.4, 0.5) is 23.7 Å². The van der Waals surface area contributed by atoms with Crippen LogP contribution in [0.15, 0.2) is 23.1 Å². The molecule has 1 aromatic rings. The van der Waals surface area contributed by atoms with E-state index in [0.29, 0.717) is 24.2 Å². The van der Waals surface area contributed by atoms with Crippen LogP contribution < -0.4 is 10.6 Å². The molecule has 2 heterocycles. The number of hydrogen-bond acceptors (Lipinski definition) is 4. The number of hydrogen-bond donors (Lipinski definition) is 1. The van der Waals surface area contributed by atoms with Gasteiger partial charge in [-0.15, -0.1) is 0 Å². The van der Waals surface area contributed by atoms with Crippen LogP contribution in [0.1, 0.15) is 5.56 Å². The molecule has 2 aliphatic rings. The van der Waals surface area contributed by atoms with Crippen molar-refractivity contribution in [2.24, 2.45) is 5.73 Å². The minimum absolute atomic E-state index is 0.00289. The van der Waals surface area contributed by atoms with Gasteiger partial charge in [0.05, 0.1) is 11.4 Å². The molecule has 11 heteroatoms. The molecule has 0 saturated carbocycles. The van der Waals surface area contributed by atoms with Gasteiger partial charge in [0.2, 0.25) is 10.0 Å². The quantitative estimate of drug-likeness (QED) is 0.831. The maximum Gasteiger partial charge on any atom is 0.401 e. The Bertz CT molecular complexity index is 805. The summed E-state index contributed by atoms with van der Waals surface area (Å²) in [4.78, 5) is 14.0. The molecular weight excluding hydrogens is 373 g/mol. The zero-order valence-electron chi connectivity index (χ0n) is 13.9. The second kappa shape index (κ2) is 6.71. The number of urea groups is 1. The summed E-state index contributed by atoms with van der Waals surface area (Å²) < 4.78 is 64.1. The number of carbonyl (C=O) groups is 1. The first-order valence-electron chi connectivity index (χ1n) is 8.07. The standard InChI is InChI=1S/C15H19F3N4O3S/c16-15(17,18)10-20-5-7-21(8-6-20)26(24,25)12-1-2-13-11(9-12)3-4-22(13)14(19)23/h1-2,9H,3-8,10H2,(H2,19,23). The van der Waals surface area contributed by atoms with E-state index in [1.54, 1.807) is 6.07 Å². The molecule has 0 unspecified atom stereocenters. The van der Waals surface area contributed by atoms with Gasteiger partial charge in [0.25, 0.3) is 0 Å². The molecule has 1 aromatic carbocycles. The average Bonchev–Trinajstić information content (AvgIpc) is 2.97. The number of carbonyl (C=O) groups excluding carboxylic acids is 1. The Kier molecular flexibility index (Phi) is 4.88. The maximum absolute atomic E-state index is 12.8. The summed E-state index contributed by atoms with van der Waals surface area (Å²) in [6.45, 7) is -0.586. The molecule has 3 rings (SSSR count). The topological polar surface area (TPSA) is 86.9 Å². The molecule has 1 fully saturated rings. The van der Waals surface area contributed by atoms with Crippen LogP contribution in [0.25, 0.3) is 0 Å². The summed E-state index contributed by atoms with van der Waals surface area (Å²) >= 11 is 0. The fourth-order valence-corrected chi connectivity index (χ4v) is 4.77. The van der Waals surface area contributed by atoms with Gasteiger partial charge in [-0.1, -0.05) is 0 Å². The van der Waals surface area contributed by atoms with Gasteiger partial charge in [-0.25, -0.2) is 13.2 Å². The molecular formula is C15H19F3N4O3S. The van der Waals surface area contributed by atoms with Crippen molar-refractivity contribution in [2.75, 3.05) is 44.2 Å². The Morgan fingerprint density at radius 3 is 2.35 bits per heavy atom. The zero-order valence-corrected chi connectivity index (χ0v) is 14.7. The molecule has 0 aromatic heterocycles. The number of piperazine rings is 1. The minimum atomic E-state index is -4.30. The first-order valence-corrected chi connectivity index (χ1v) is 9.51. The Morgan fingerprint density at radius 1 is 1.12 bits per heavy atom. The van der Waals surface area contributed by atoms with Crippen molar-refractivity contribution in [1.82, 2.24) is 9.21 Å². The molecule has 0 radical (unpaired) electrons. The van der Waals surface area contributed by atoms with Crippen molar-refractivity contribution in [3.8, 4) is 0 Å². The fourth-order valence-electron chi connectivity index (χ4n) is 3.30. The van der Waals surface area contributed by atoms with E-state index < -0.39 is 28.8 Å². The number of anilines is 1. The van der Waals surface area contributed by atoms with Crippen LogP contribution in [0.5, 0.6) is 0 Å². The van der Waals surface area contributed by atoms with Gasteiger partial charge in [0.1, 0.15) is 0 Å². The van der Waals surface area contributed by atoms with Crippen LogP contribution >= 0.6 is 0 Å². The van der Waals surface area contributed by atoms with Crippen molar-refractivity contribution in [3.63, 3.8) is 0 Å². The van der Waals surface area contributed by atoms with Gasteiger partial charge in [-0.2, -0.15) is 17.5 Å². The van der Waals surface area contributed by atoms with Crippen molar-refractivity contribution in [1.29, 1.82) is 0 Å². The van der Waals surface area contributed by atoms with Crippen molar-refractivity contribution < 1.29 is 26.4 Å². The first kappa shape index (κ1) is 18.9. The van der Waals surface area contributed by atoms with E-state index in [4.69, 9.17) is 5.73 Å². The largest absolute Gasteiger partial charge is 0.401 e. The fraction of sp³-hybridized carbons (Fsp3) is 0.533. The van der Waals surface area contributed by atoms with Gasteiger partial charge >= 0.3 is 12.2 Å². The second-order valence-corrected chi connectivity index (χ2v) is 8.26. The zero-order chi connectivity index (χ0) is 19.1. The molecule has 2 aliphatic heterocycles. The van der Waals surface area contributed by atoms with E-state index in [1.165, 1.54) is 26.2 Å². The normalized spacial score (nSPS) is 19.6. The number of halogens is 3. The number of rotatable bonds is 3. The van der Waals surface area contributed by atoms with Gasteiger partial charge in [0, 0.05) is 38.4 Å². The third kappa shape index (κ3) is 3.79. The molecule has 26 heavy (non-hydrogen) atoms. The third-order valence-electron chi connectivity index (χ3n) is 4.58. The highest BCUT2D eigenvalue weighted by atomic mass is 32.2. The number of amides is 2. The summed E-state index contributed by atoms with van der Waals surface area (Å²) in [6, 6.07) is 3.85. The van der Waals surface area contributed by atoms with Crippen LogP contribution in [-0.4, -0.2) is 69.1 Å². The summed E-state index contributed by atoms with van der Waals surface area (Å²) in [6.07, 6.45) is -3.80. The molecule has 2 N–H and O–H groups in total. The smallest absolute Gasteiger partial charge is 0.351 e. The average molecular weight is 392 g/mol. The number of alkyl halides is 3. The molecule has 7 nitrogen and oxygen atoms in total. The summed E-state index contributed by atoms with van der Waals surface area (Å²) in [5.74, 6) is 0. The van der Waals surface area contributed by atoms with E-state index in [9.17, 15) is 26.4 Å². The highest BCUT2D eigenvalue weighted by Crippen LogP contribution is 2.31. The lowest BCUT2D eigenvalue weighted by atomic mass is 10.2. The Hall–Kier alpha value is -1.85. The third-order valence-corrected chi connectivity index (χ3v) is 6.48. The second-order valence-electron chi connectivity index (χ2n) is 6.33. The number of nitrogens with two attached hydrogens (primary N) is 1. The highest BCUT2D eigenvalue weighted by molar-refractivity contribution is 7.89. The first-order chi connectivity index (χ1) is 12.1. The highest BCUT2D eigenvalue weighted by Gasteiger charge is 2.35. The molecule has 0 spiro atoms. The van der Waals surface area contributed by atoms with Gasteiger partial charge in [-0.3, -0.25) is 9.80 Å². The van der Waals surface area contributed by atoms with Crippen LogP contribution in [0, 0.1) is 0 Å². The van der Waals surface area contributed by atoms with Crippen LogP contribution in [0.2, 0.25) is 0 Å². The van der Waals surface area contributed by atoms with E-state index >= 15 is 0 Å². The number of benzene rings is 1. The number of sulfonamides is 1. The molecule has 0 atom stereocenters. The van der Waals surface area contributed by atoms with Crippen molar-refractivity contribution in [3.05, 3.63) is 23.8 Å². The number of nitrogens with zero attached hydrogens (tertiary/aromatic N) is 3. The molecule has 0 bridgehead atoms. The van der Waals surface area contributed by atoms with Gasteiger partial charge in [0.15, 0.2) is 0 Å². The maximum atomic E-state index is 12.8. The molecule has 144 valence electrons. The van der Waals surface area contributed by atoms with Gasteiger partial charge < -0.3 is 5.73 Å². The minimum Gasteiger partial charge on any atom is -0.351 e. The molecule has 1 saturated heterocycles. The molecule has 2 amide bonds. The lowest BCUT2D eigenvalue weighted by molar-refractivity contribution is -0.148. The summed E-state index contributed by atoms with van der Waals surface area (Å²) in [5, 5.41) is 0. The van der Waals surface area contributed by atoms with Crippen molar-refractivity contribution in [2.45, 2.75) is 17.5 Å². The Labute approximate surface area is 149 Å². The van der Waals surface area contributed by atoms with Crippen molar-refractivity contribution >= 4 is 21.7 Å². The van der Waals surface area contributed by atoms with E-state index in [0.717, 1.165) is 0 Å². The number of fused-ring (bicyclic) bond motifs is 1. The van der Waals surface area contributed by atoms with Crippen LogP contribution in [-0.2, 0) is 16.4 Å². The predicted octanol–water partition coefficient (Wildman–Crippen LogP) is 0.996. The monoisotopic (exact) mass is 392 g/mol. The van der Waals surface area contributed by atoms with E-state index in [-0.39, 0.29) is 31.1 Å². The summed E-state index contributed by atoms with van der Waals surface area (Å²) in [7, 11) is -3.80. The predicted molar refractivity (Wildman–Crippen MR) is 88.3 cm³/mol. The van der Waals surface area contributed by atoms with Crippen LogP contribution in [0.3, 0.4) is 0 Å². The number of primary amides is 1. The van der Waals surface area contributed by atoms with E-state index in [2.05, 4.69) is 0 Å². The SMILES string of the molecule is NC(=O)N1CCc2cc(S(=O)(=O)N3CCN(CC(F)(F)F)CC3)ccc21. The molecule has 0 aliphatic carbocycles. The summed E-state index contributed by atoms with van der Waals surface area (Å²) in [5.41, 5.74) is 6.58. The van der Waals surface area contributed by atoms with Gasteiger partial charge in [-0.05, 0) is 30.2 Å². The van der Waals surface area contributed by atoms with E-state index in [1.807, 2.05) is 0 Å². The Morgan fingerprint density at radius 2 is 1.77 bits per heavy atom.